The molecule has 1 unspecified atom stereocenters. The third kappa shape index (κ3) is 4.35. The van der Waals surface area contributed by atoms with Crippen molar-refractivity contribution in [3.8, 4) is 0 Å². The van der Waals surface area contributed by atoms with Crippen LogP contribution in [-0.2, 0) is 0 Å². The van der Waals surface area contributed by atoms with Crippen LogP contribution in [0.2, 0.25) is 0 Å². The summed E-state index contributed by atoms with van der Waals surface area (Å²) in [5.41, 5.74) is 2.84. The Morgan fingerprint density at radius 1 is 1.00 bits per heavy atom. The zero-order chi connectivity index (χ0) is 13.5. The van der Waals surface area contributed by atoms with Crippen LogP contribution in [0.3, 0.4) is 0 Å². The quantitative estimate of drug-likeness (QED) is 0.778. The summed E-state index contributed by atoms with van der Waals surface area (Å²) < 4.78 is 2.17. The Balaban J connectivity index is 2.17. The molecule has 1 nitrogen and oxygen atoms in total. The van der Waals surface area contributed by atoms with Gasteiger partial charge in [-0.15, -0.1) is 0 Å². The number of benzene rings is 2. The molecule has 2 aromatic carbocycles. The Kier molecular flexibility index (Phi) is 5.91. The van der Waals surface area contributed by atoms with Crippen LogP contribution in [0.1, 0.15) is 27.9 Å². The molecule has 0 fully saturated rings. The molecule has 0 aliphatic rings. The molecule has 0 saturated heterocycles. The predicted molar refractivity (Wildman–Crippen MR) is 82.1 cm³/mol. The first-order valence-electron chi connectivity index (χ1n) is 6.69. The van der Waals surface area contributed by atoms with E-state index in [9.17, 15) is 0 Å². The second-order valence-electron chi connectivity index (χ2n) is 4.65. The van der Waals surface area contributed by atoms with Crippen molar-refractivity contribution in [1.29, 1.82) is 0 Å². The van der Waals surface area contributed by atoms with Crippen molar-refractivity contribution in [2.75, 3.05) is 6.61 Å². The normalized spacial score (nSPS) is 12.3. The van der Waals surface area contributed by atoms with Gasteiger partial charge >= 0.3 is 126 Å². The zero-order valence-corrected chi connectivity index (χ0v) is 13.6. The van der Waals surface area contributed by atoms with Crippen LogP contribution < -0.4 is 3.61 Å². The molecule has 0 bridgehead atoms. The maximum atomic E-state index is 9.10. The van der Waals surface area contributed by atoms with Gasteiger partial charge in [-0.1, -0.05) is 0 Å². The van der Waals surface area contributed by atoms with Gasteiger partial charge in [-0.3, -0.25) is 0 Å². The van der Waals surface area contributed by atoms with Gasteiger partial charge < -0.3 is 0 Å². The number of hydrogen-bond acceptors (Lipinski definition) is 1. The van der Waals surface area contributed by atoms with Gasteiger partial charge in [-0.05, 0) is 0 Å². The Morgan fingerprint density at radius 2 is 1.68 bits per heavy atom. The summed E-state index contributed by atoms with van der Waals surface area (Å²) in [6.07, 6.45) is 1.99. The third-order valence-electron chi connectivity index (χ3n) is 3.16. The molecule has 0 spiro atoms. The van der Waals surface area contributed by atoms with Crippen molar-refractivity contribution >= 4 is 24.5 Å². The van der Waals surface area contributed by atoms with Crippen molar-refractivity contribution in [1.82, 2.24) is 0 Å². The van der Waals surface area contributed by atoms with Crippen LogP contribution in [0, 0.1) is 6.92 Å². The summed E-state index contributed by atoms with van der Waals surface area (Å²) in [5.74, 6) is 0. The molecular formula is C17H20OTe. The Morgan fingerprint density at radius 3 is 2.37 bits per heavy atom. The first-order valence-corrected chi connectivity index (χ1v) is 9.20. The molecule has 0 aliphatic carbocycles. The van der Waals surface area contributed by atoms with E-state index in [-0.39, 0.29) is 20.9 Å². The van der Waals surface area contributed by atoms with Crippen LogP contribution >= 0.6 is 0 Å². The van der Waals surface area contributed by atoms with E-state index in [1.54, 1.807) is 3.61 Å². The van der Waals surface area contributed by atoms with Crippen molar-refractivity contribution in [3.63, 3.8) is 0 Å². The number of aliphatic hydroxyl groups excluding tert-OH is 1. The molecule has 0 amide bonds. The molecule has 100 valence electrons. The zero-order valence-electron chi connectivity index (χ0n) is 11.3. The van der Waals surface area contributed by atoms with Gasteiger partial charge in [-0.25, -0.2) is 0 Å². The van der Waals surface area contributed by atoms with E-state index in [0.29, 0.717) is 10.6 Å². The fraction of sp³-hybridized carbons (Fsp3) is 0.294. The van der Waals surface area contributed by atoms with Crippen molar-refractivity contribution in [2.24, 2.45) is 0 Å². The summed E-state index contributed by atoms with van der Waals surface area (Å²) >= 11 is -0.266. The van der Waals surface area contributed by atoms with Gasteiger partial charge in [-0.2, -0.15) is 0 Å². The van der Waals surface area contributed by atoms with Gasteiger partial charge in [0, 0.05) is 0 Å². The molecule has 0 saturated carbocycles. The summed E-state index contributed by atoms with van der Waals surface area (Å²) in [5, 5.41) is 9.10. The van der Waals surface area contributed by atoms with E-state index in [4.69, 9.17) is 5.11 Å². The molecule has 0 radical (unpaired) electrons. The number of aliphatic hydroxyl groups is 1. The predicted octanol–water partition coefficient (Wildman–Crippen LogP) is 2.84. The summed E-state index contributed by atoms with van der Waals surface area (Å²) in [6, 6.07) is 19.5. The van der Waals surface area contributed by atoms with E-state index in [2.05, 4.69) is 61.5 Å². The molecule has 2 aromatic rings. The topological polar surface area (TPSA) is 20.2 Å². The minimum absolute atomic E-state index is 0.266. The second-order valence-corrected chi connectivity index (χ2v) is 8.20. The fourth-order valence-electron chi connectivity index (χ4n) is 2.08. The molecule has 0 heterocycles. The Hall–Kier alpha value is -0.810. The molecule has 19 heavy (non-hydrogen) atoms. The fourth-order valence-corrected chi connectivity index (χ4v) is 5.78. The van der Waals surface area contributed by atoms with Gasteiger partial charge in [0.25, 0.3) is 0 Å². The van der Waals surface area contributed by atoms with Crippen molar-refractivity contribution in [3.05, 3.63) is 65.7 Å². The van der Waals surface area contributed by atoms with Crippen LogP contribution in [0.4, 0.5) is 0 Å². The SMILES string of the molecule is Cc1ccccc1[Te]C(CCCO)c1ccccc1. The molecule has 2 rings (SSSR count). The van der Waals surface area contributed by atoms with E-state index in [1.165, 1.54) is 11.1 Å². The minimum atomic E-state index is -0.266. The average molecular weight is 368 g/mol. The molecule has 0 aliphatic heterocycles. The monoisotopic (exact) mass is 370 g/mol. The number of rotatable bonds is 6. The van der Waals surface area contributed by atoms with Gasteiger partial charge in [0.05, 0.1) is 0 Å². The average Bonchev–Trinajstić information content (AvgIpc) is 2.46. The van der Waals surface area contributed by atoms with E-state index in [1.807, 2.05) is 0 Å². The van der Waals surface area contributed by atoms with Gasteiger partial charge in [0.15, 0.2) is 0 Å². The second kappa shape index (κ2) is 7.70. The van der Waals surface area contributed by atoms with Crippen LogP contribution in [0.5, 0.6) is 0 Å². The van der Waals surface area contributed by atoms with Crippen LogP contribution in [0.15, 0.2) is 54.6 Å². The summed E-state index contributed by atoms with van der Waals surface area (Å²) in [6.45, 7) is 2.50. The molecular weight excluding hydrogens is 348 g/mol. The maximum absolute atomic E-state index is 9.10. The summed E-state index contributed by atoms with van der Waals surface area (Å²) in [7, 11) is 0. The van der Waals surface area contributed by atoms with E-state index >= 15 is 0 Å². The van der Waals surface area contributed by atoms with Crippen LogP contribution in [-0.4, -0.2) is 32.6 Å². The number of aryl methyl sites for hydroxylation is 1. The third-order valence-corrected chi connectivity index (χ3v) is 7.45. The molecule has 1 atom stereocenters. The van der Waals surface area contributed by atoms with Crippen LogP contribution in [0.25, 0.3) is 0 Å². The standard InChI is InChI=1S/C17H20OTe/c1-14-8-5-6-11-16(14)19-17(12-7-13-18)15-9-3-2-4-10-15/h2-6,8-11,17-18H,7,12-13H2,1H3. The van der Waals surface area contributed by atoms with E-state index in [0.717, 1.165) is 12.8 Å². The summed E-state index contributed by atoms with van der Waals surface area (Å²) in [4.78, 5) is 0. The van der Waals surface area contributed by atoms with Crippen molar-refractivity contribution in [2.45, 2.75) is 23.7 Å². The molecule has 0 aromatic heterocycles. The Labute approximate surface area is 125 Å². The molecule has 2 heteroatoms. The van der Waals surface area contributed by atoms with E-state index < -0.39 is 0 Å². The molecule has 1 N–H and O–H groups in total. The Bertz CT molecular complexity index is 496. The number of hydrogen-bond donors (Lipinski definition) is 1. The first kappa shape index (κ1) is 14.6. The first-order chi connectivity index (χ1) is 9.31. The van der Waals surface area contributed by atoms with Gasteiger partial charge in [0.2, 0.25) is 0 Å². The van der Waals surface area contributed by atoms with Crippen molar-refractivity contribution < 1.29 is 5.11 Å². The van der Waals surface area contributed by atoms with Gasteiger partial charge in [0.1, 0.15) is 0 Å².